The van der Waals surface area contributed by atoms with Gasteiger partial charge < -0.3 is 35.5 Å². The normalized spacial score (nSPS) is 45.5. The van der Waals surface area contributed by atoms with E-state index in [1.165, 1.54) is 12.8 Å². The molecule has 1 aliphatic carbocycles. The lowest BCUT2D eigenvalue weighted by atomic mass is 9.90. The number of thioether (sulfide) groups is 1. The summed E-state index contributed by atoms with van der Waals surface area (Å²) in [6, 6.07) is 0.810. The molecule has 7 rings (SSSR count). The molecule has 6 heterocycles. The van der Waals surface area contributed by atoms with Crippen LogP contribution >= 0.6 is 11.8 Å². The van der Waals surface area contributed by atoms with E-state index in [0.29, 0.717) is 44.3 Å². The highest BCUT2D eigenvalue weighted by molar-refractivity contribution is 8.00. The van der Waals surface area contributed by atoms with Crippen LogP contribution in [0.1, 0.15) is 25.7 Å². The Morgan fingerprint density at radius 2 is 1.93 bits per heavy atom. The average Bonchev–Trinajstić information content (AvgIpc) is 3.69. The maximum Gasteiger partial charge on any atom is 0.227 e. The number of hydrogen-bond acceptors (Lipinski definition) is 12. The summed E-state index contributed by atoms with van der Waals surface area (Å²) in [5.41, 5.74) is 4.37. The van der Waals surface area contributed by atoms with Crippen LogP contribution in [-0.4, -0.2) is 116 Å². The van der Waals surface area contributed by atoms with Gasteiger partial charge in [0.1, 0.15) is 12.4 Å². The summed E-state index contributed by atoms with van der Waals surface area (Å²) in [6.45, 7) is 4.55. The first-order valence-electron chi connectivity index (χ1n) is 14.9. The lowest BCUT2D eigenvalue weighted by Crippen LogP contribution is -2.77. The van der Waals surface area contributed by atoms with Gasteiger partial charge in [0.2, 0.25) is 5.91 Å². The molecule has 6 aliphatic heterocycles. The van der Waals surface area contributed by atoms with Crippen LogP contribution in [0.5, 0.6) is 0 Å². The zero-order chi connectivity index (χ0) is 27.2. The highest BCUT2D eigenvalue weighted by atomic mass is 32.2. The summed E-state index contributed by atoms with van der Waals surface area (Å²) in [6.07, 6.45) is 5.20. The number of ether oxygens (including phenoxy) is 3. The number of morpholine rings is 1. The molecule has 1 amide bonds. The van der Waals surface area contributed by atoms with Crippen LogP contribution in [0.2, 0.25) is 0 Å². The second-order valence-corrected chi connectivity index (χ2v) is 13.4. The third-order valence-corrected chi connectivity index (χ3v) is 10.9. The Morgan fingerprint density at radius 3 is 2.77 bits per heavy atom. The minimum absolute atomic E-state index is 0.0175. The average molecular weight is 580 g/mol. The predicted octanol–water partition coefficient (Wildman–Crippen LogP) is -3.22. The van der Waals surface area contributed by atoms with Gasteiger partial charge in [-0.3, -0.25) is 30.9 Å². The van der Waals surface area contributed by atoms with Crippen LogP contribution in [0, 0.1) is 11.8 Å². The number of carbonyl (C=O) groups excluding carboxylic acids is 2. The number of nitrogens with one attached hydrogen (secondary N) is 6. The first kappa shape index (κ1) is 27.3. The van der Waals surface area contributed by atoms with Crippen molar-refractivity contribution in [3.05, 3.63) is 12.0 Å². The maximum absolute atomic E-state index is 12.9. The molecule has 6 fully saturated rings. The summed E-state index contributed by atoms with van der Waals surface area (Å²) in [5.74, 6) is 0.537. The van der Waals surface area contributed by atoms with Crippen LogP contribution in [0.3, 0.4) is 0 Å². The van der Waals surface area contributed by atoms with Crippen molar-refractivity contribution < 1.29 is 29.5 Å². The van der Waals surface area contributed by atoms with Gasteiger partial charge in [-0.05, 0) is 12.8 Å². The molecule has 40 heavy (non-hydrogen) atoms. The largest absolute Gasteiger partial charge is 0.472 e. The van der Waals surface area contributed by atoms with Crippen LogP contribution in [-0.2, 0) is 23.8 Å². The summed E-state index contributed by atoms with van der Waals surface area (Å²) in [5, 5.41) is 21.6. The van der Waals surface area contributed by atoms with Gasteiger partial charge in [-0.1, -0.05) is 6.42 Å². The van der Waals surface area contributed by atoms with E-state index in [9.17, 15) is 9.59 Å². The molecule has 222 valence electrons. The van der Waals surface area contributed by atoms with Crippen molar-refractivity contribution in [2.45, 2.75) is 79.2 Å². The Labute approximate surface area is 238 Å². The van der Waals surface area contributed by atoms with E-state index in [2.05, 4.69) is 42.5 Å². The van der Waals surface area contributed by atoms with E-state index in [-0.39, 0.29) is 58.9 Å². The number of ketones is 1. The quantitative estimate of drug-likeness (QED) is 0.169. The van der Waals surface area contributed by atoms with E-state index < -0.39 is 6.10 Å². The summed E-state index contributed by atoms with van der Waals surface area (Å²) >= 11 is 1.80. The zero-order valence-electron chi connectivity index (χ0n) is 22.8. The van der Waals surface area contributed by atoms with E-state index >= 15 is 0 Å². The van der Waals surface area contributed by atoms with Crippen molar-refractivity contribution >= 4 is 23.5 Å². The fourth-order valence-electron chi connectivity index (χ4n) is 7.27. The van der Waals surface area contributed by atoms with Crippen LogP contribution in [0.4, 0.5) is 0 Å². The number of nitrogens with zero attached hydrogens (tertiary/aromatic N) is 1. The summed E-state index contributed by atoms with van der Waals surface area (Å²) in [4.78, 5) is 27.8. The Hall–Kier alpha value is -1.49. The molecule has 0 aromatic rings. The van der Waals surface area contributed by atoms with Gasteiger partial charge in [-0.25, -0.2) is 0 Å². The highest BCUT2D eigenvalue weighted by Gasteiger charge is 2.52. The van der Waals surface area contributed by atoms with E-state index in [1.807, 2.05) is 0 Å². The van der Waals surface area contributed by atoms with Crippen molar-refractivity contribution in [1.82, 2.24) is 36.8 Å². The van der Waals surface area contributed by atoms with Gasteiger partial charge in [-0.15, -0.1) is 11.8 Å². The predicted molar refractivity (Wildman–Crippen MR) is 146 cm³/mol. The van der Waals surface area contributed by atoms with Crippen molar-refractivity contribution in [1.29, 1.82) is 0 Å². The number of carbonyl (C=O) groups is 2. The molecule has 9 unspecified atom stereocenters. The van der Waals surface area contributed by atoms with Crippen molar-refractivity contribution in [2.24, 2.45) is 11.8 Å². The molecule has 9 N–H and O–H groups in total. The molecule has 5 saturated heterocycles. The molecule has 7 aliphatic rings. The zero-order valence-corrected chi connectivity index (χ0v) is 23.6. The van der Waals surface area contributed by atoms with Crippen LogP contribution < -0.4 is 37.6 Å². The Bertz CT molecular complexity index is 1000. The van der Waals surface area contributed by atoms with Crippen LogP contribution in [0.15, 0.2) is 12.0 Å². The smallest absolute Gasteiger partial charge is 0.227 e. The van der Waals surface area contributed by atoms with Gasteiger partial charge in [0, 0.05) is 50.6 Å². The molecular weight excluding hydrogens is 536 g/mol. The standard InChI is InChI=1S/C26H42N8O5S/c27-14-3-1-2-4-15(14)30-26-31-16-10-28-24(36)20(16)23(33-26)32-18-11-29-25(40-18)13-12-38-22-17(35)9-19(39-21(13)22)34-5-7-37-8-6-34/h9,13-16,18,20-23,25-26,29-33H,1-8,10-12,27H2,(H,28,36)/p+1/t13?,14-,15+,16?,18?,20?,21?,22?,23?,25?,26?/m1/s1. The number of quaternary nitrogens is 1. The third kappa shape index (κ3) is 5.38. The lowest BCUT2D eigenvalue weighted by Gasteiger charge is -2.42. The SMILES string of the molecule is [NH3+][C@@H]1CCCC[C@@H]1NC1NC2CNC(=O)C2C(NC2CNC(C3COC4C(=O)C=C(N5CCOCC5)OC43)S2)N1. The van der Waals surface area contributed by atoms with Gasteiger partial charge in [0.15, 0.2) is 17.8 Å². The topological polar surface area (TPSA) is 165 Å². The number of fused-ring (bicyclic) bond motifs is 2. The number of hydrogen-bond donors (Lipinski definition) is 7. The molecule has 13 nitrogen and oxygen atoms in total. The second kappa shape index (κ2) is 11.7. The minimum atomic E-state index is -0.554. The molecule has 0 aromatic heterocycles. The fourth-order valence-corrected chi connectivity index (χ4v) is 8.67. The molecule has 0 bridgehead atoms. The monoisotopic (exact) mass is 579 g/mol. The van der Waals surface area contributed by atoms with Gasteiger partial charge >= 0.3 is 0 Å². The molecule has 0 radical (unpaired) electrons. The van der Waals surface area contributed by atoms with E-state index in [1.54, 1.807) is 17.8 Å². The maximum atomic E-state index is 12.9. The van der Waals surface area contributed by atoms with Crippen LogP contribution in [0.25, 0.3) is 0 Å². The Balaban J connectivity index is 0.985. The summed E-state index contributed by atoms with van der Waals surface area (Å²) < 4.78 is 17.8. The van der Waals surface area contributed by atoms with Crippen molar-refractivity contribution in [2.75, 3.05) is 46.0 Å². The van der Waals surface area contributed by atoms with Gasteiger partial charge in [0.05, 0.1) is 54.7 Å². The molecule has 14 heteroatoms. The van der Waals surface area contributed by atoms with Crippen molar-refractivity contribution in [3.63, 3.8) is 0 Å². The fraction of sp³-hybridized carbons (Fsp3) is 0.846. The second-order valence-electron chi connectivity index (χ2n) is 12.0. The molecule has 11 atom stereocenters. The molecule has 1 saturated carbocycles. The number of amides is 1. The van der Waals surface area contributed by atoms with Gasteiger partial charge in [0.25, 0.3) is 0 Å². The van der Waals surface area contributed by atoms with E-state index in [0.717, 1.165) is 32.5 Å². The van der Waals surface area contributed by atoms with Gasteiger partial charge in [-0.2, -0.15) is 0 Å². The third-order valence-electron chi connectivity index (χ3n) is 9.49. The number of rotatable bonds is 6. The lowest BCUT2D eigenvalue weighted by molar-refractivity contribution is -0.431. The Kier molecular flexibility index (Phi) is 7.97. The first-order chi connectivity index (χ1) is 19.5. The Morgan fingerprint density at radius 1 is 1.07 bits per heavy atom. The van der Waals surface area contributed by atoms with E-state index in [4.69, 9.17) is 14.2 Å². The van der Waals surface area contributed by atoms with Crippen molar-refractivity contribution in [3.8, 4) is 0 Å². The first-order valence-corrected chi connectivity index (χ1v) is 15.9. The highest BCUT2D eigenvalue weighted by Crippen LogP contribution is 2.39. The molecule has 0 aromatic carbocycles. The molecule has 0 spiro atoms. The molecular formula is C26H43N8O5S+. The summed E-state index contributed by atoms with van der Waals surface area (Å²) in [7, 11) is 0. The minimum Gasteiger partial charge on any atom is -0.472 e.